The second-order valence-corrected chi connectivity index (χ2v) is 4.96. The van der Waals surface area contributed by atoms with Crippen LogP contribution in [0.4, 0.5) is 23.7 Å². The summed E-state index contributed by atoms with van der Waals surface area (Å²) in [6.07, 6.45) is -4.86. The molecule has 2 aromatic carbocycles. The number of phenols is 1. The van der Waals surface area contributed by atoms with E-state index >= 15 is 0 Å². The number of anilines is 1. The van der Waals surface area contributed by atoms with Gasteiger partial charge in [-0.2, -0.15) is 0 Å². The van der Waals surface area contributed by atoms with Gasteiger partial charge in [0.05, 0.1) is 12.2 Å². The molecule has 24 heavy (non-hydrogen) atoms. The van der Waals surface area contributed by atoms with E-state index in [0.717, 1.165) is 6.07 Å². The fraction of sp³-hybridized carbons (Fsp3) is 0.188. The van der Waals surface area contributed by atoms with Crippen molar-refractivity contribution in [2.24, 2.45) is 0 Å². The molecule has 0 atom stereocenters. The Balaban J connectivity index is 2.08. The van der Waals surface area contributed by atoms with Gasteiger partial charge in [0.1, 0.15) is 5.75 Å². The van der Waals surface area contributed by atoms with Crippen molar-refractivity contribution in [1.29, 1.82) is 0 Å². The molecule has 2 amide bonds. The molecular weight excluding hydrogens is 325 g/mol. The summed E-state index contributed by atoms with van der Waals surface area (Å²) in [6, 6.07) is 11.1. The lowest BCUT2D eigenvalue weighted by molar-refractivity contribution is -0.274. The number of amides is 2. The zero-order valence-corrected chi connectivity index (χ0v) is 12.7. The smallest absolute Gasteiger partial charge is 0.508 e. The minimum Gasteiger partial charge on any atom is -0.508 e. The molecule has 2 N–H and O–H groups in total. The molecule has 2 aromatic rings. The number of para-hydroxylation sites is 3. The standard InChI is InChI=1S/C16H15F3N2O3/c1-21(10-11-6-2-4-8-13(11)22)15(23)20-12-7-3-5-9-14(12)24-16(17,18)19/h2-9,22H,10H2,1H3,(H,20,23). The lowest BCUT2D eigenvalue weighted by atomic mass is 10.2. The number of carbonyl (C=O) groups is 1. The van der Waals surface area contributed by atoms with Gasteiger partial charge in [-0.05, 0) is 18.2 Å². The maximum absolute atomic E-state index is 12.4. The molecule has 0 aliphatic carbocycles. The van der Waals surface area contributed by atoms with Crippen LogP contribution in [-0.2, 0) is 6.54 Å². The first-order valence-electron chi connectivity index (χ1n) is 6.90. The number of alkyl halides is 3. The second kappa shape index (κ2) is 7.12. The van der Waals surface area contributed by atoms with E-state index in [9.17, 15) is 23.1 Å². The maximum Gasteiger partial charge on any atom is 0.573 e. The summed E-state index contributed by atoms with van der Waals surface area (Å²) >= 11 is 0. The lowest BCUT2D eigenvalue weighted by Crippen LogP contribution is -2.31. The topological polar surface area (TPSA) is 61.8 Å². The van der Waals surface area contributed by atoms with Crippen molar-refractivity contribution < 1.29 is 27.8 Å². The van der Waals surface area contributed by atoms with Crippen LogP contribution in [0.3, 0.4) is 0 Å². The first-order chi connectivity index (χ1) is 11.3. The van der Waals surface area contributed by atoms with Crippen LogP contribution in [0.15, 0.2) is 48.5 Å². The highest BCUT2D eigenvalue weighted by molar-refractivity contribution is 5.90. The SMILES string of the molecule is CN(Cc1ccccc1O)C(=O)Nc1ccccc1OC(F)(F)F. The summed E-state index contributed by atoms with van der Waals surface area (Å²) in [4.78, 5) is 13.4. The van der Waals surface area contributed by atoms with E-state index in [0.29, 0.717) is 5.56 Å². The van der Waals surface area contributed by atoms with Crippen molar-refractivity contribution in [1.82, 2.24) is 4.90 Å². The fourth-order valence-electron chi connectivity index (χ4n) is 1.97. The van der Waals surface area contributed by atoms with Crippen molar-refractivity contribution in [3.05, 3.63) is 54.1 Å². The first kappa shape index (κ1) is 17.5. The van der Waals surface area contributed by atoms with Gasteiger partial charge in [-0.3, -0.25) is 0 Å². The average Bonchev–Trinajstić information content (AvgIpc) is 2.50. The van der Waals surface area contributed by atoms with E-state index in [1.165, 1.54) is 36.2 Å². The number of benzene rings is 2. The Morgan fingerprint density at radius 1 is 1.17 bits per heavy atom. The summed E-state index contributed by atoms with van der Waals surface area (Å²) in [5.74, 6) is -0.479. The van der Waals surface area contributed by atoms with E-state index in [1.807, 2.05) is 0 Å². The number of carbonyl (C=O) groups excluding carboxylic acids is 1. The number of halogens is 3. The summed E-state index contributed by atoms with van der Waals surface area (Å²) in [6.45, 7) is 0.0841. The van der Waals surface area contributed by atoms with E-state index in [1.54, 1.807) is 18.2 Å². The molecule has 0 unspecified atom stereocenters. The molecule has 0 spiro atoms. The third kappa shape index (κ3) is 4.80. The highest BCUT2D eigenvalue weighted by atomic mass is 19.4. The third-order valence-corrected chi connectivity index (χ3v) is 3.10. The van der Waals surface area contributed by atoms with Crippen LogP contribution in [0, 0.1) is 0 Å². The predicted octanol–water partition coefficient (Wildman–Crippen LogP) is 3.95. The van der Waals surface area contributed by atoms with Gasteiger partial charge in [0.2, 0.25) is 0 Å². The number of nitrogens with one attached hydrogen (secondary N) is 1. The second-order valence-electron chi connectivity index (χ2n) is 4.96. The van der Waals surface area contributed by atoms with E-state index < -0.39 is 18.1 Å². The van der Waals surface area contributed by atoms with Gasteiger partial charge < -0.3 is 20.1 Å². The molecule has 0 aliphatic heterocycles. The molecule has 0 aliphatic rings. The highest BCUT2D eigenvalue weighted by Gasteiger charge is 2.32. The number of phenolic OH excluding ortho intramolecular Hbond substituents is 1. The number of hydrogen-bond acceptors (Lipinski definition) is 3. The summed E-state index contributed by atoms with van der Waals surface area (Å²) in [5.41, 5.74) is 0.402. The van der Waals surface area contributed by atoms with Gasteiger partial charge in [-0.1, -0.05) is 30.3 Å². The first-order valence-corrected chi connectivity index (χ1v) is 6.90. The molecule has 0 saturated heterocycles. The number of rotatable bonds is 4. The highest BCUT2D eigenvalue weighted by Crippen LogP contribution is 2.30. The molecule has 0 bridgehead atoms. The molecule has 5 nitrogen and oxygen atoms in total. The monoisotopic (exact) mass is 340 g/mol. The van der Waals surface area contributed by atoms with Crippen LogP contribution in [0.5, 0.6) is 11.5 Å². The van der Waals surface area contributed by atoms with Crippen molar-refractivity contribution in [3.8, 4) is 11.5 Å². The molecule has 0 aromatic heterocycles. The van der Waals surface area contributed by atoms with E-state index in [-0.39, 0.29) is 18.0 Å². The third-order valence-electron chi connectivity index (χ3n) is 3.10. The fourth-order valence-corrected chi connectivity index (χ4v) is 1.97. The van der Waals surface area contributed by atoms with Crippen LogP contribution in [0.25, 0.3) is 0 Å². The van der Waals surface area contributed by atoms with E-state index in [4.69, 9.17) is 0 Å². The van der Waals surface area contributed by atoms with Crippen LogP contribution >= 0.6 is 0 Å². The van der Waals surface area contributed by atoms with Crippen molar-refractivity contribution in [2.45, 2.75) is 12.9 Å². The van der Waals surface area contributed by atoms with Gasteiger partial charge in [-0.15, -0.1) is 13.2 Å². The molecule has 128 valence electrons. The Labute approximate surface area is 136 Å². The number of urea groups is 1. The Morgan fingerprint density at radius 3 is 2.46 bits per heavy atom. The van der Waals surface area contributed by atoms with Gasteiger partial charge >= 0.3 is 12.4 Å². The largest absolute Gasteiger partial charge is 0.573 e. The minimum absolute atomic E-state index is 0.0259. The van der Waals surface area contributed by atoms with Gasteiger partial charge in [0.15, 0.2) is 5.75 Å². The Morgan fingerprint density at radius 2 is 1.79 bits per heavy atom. The molecule has 2 rings (SSSR count). The number of aromatic hydroxyl groups is 1. The predicted molar refractivity (Wildman–Crippen MR) is 81.7 cm³/mol. The zero-order chi connectivity index (χ0) is 17.7. The van der Waals surface area contributed by atoms with E-state index in [2.05, 4.69) is 10.1 Å². The zero-order valence-electron chi connectivity index (χ0n) is 12.7. The number of ether oxygens (including phenoxy) is 1. The summed E-state index contributed by atoms with van der Waals surface area (Å²) in [7, 11) is 1.45. The van der Waals surface area contributed by atoms with Crippen LogP contribution in [0.2, 0.25) is 0 Å². The molecule has 0 radical (unpaired) electrons. The number of hydrogen-bond donors (Lipinski definition) is 2. The van der Waals surface area contributed by atoms with Crippen molar-refractivity contribution in [2.75, 3.05) is 12.4 Å². The van der Waals surface area contributed by atoms with Crippen LogP contribution in [0.1, 0.15) is 5.56 Å². The Bertz CT molecular complexity index is 720. The van der Waals surface area contributed by atoms with Gasteiger partial charge in [-0.25, -0.2) is 4.79 Å². The Kier molecular flexibility index (Phi) is 5.18. The van der Waals surface area contributed by atoms with Crippen molar-refractivity contribution >= 4 is 11.7 Å². The van der Waals surface area contributed by atoms with Crippen LogP contribution in [-0.4, -0.2) is 29.4 Å². The lowest BCUT2D eigenvalue weighted by Gasteiger charge is -2.20. The summed E-state index contributed by atoms with van der Waals surface area (Å²) < 4.78 is 41.0. The quantitative estimate of drug-likeness (QED) is 0.886. The average molecular weight is 340 g/mol. The molecule has 8 heteroatoms. The molecule has 0 fully saturated rings. The van der Waals surface area contributed by atoms with Crippen LogP contribution < -0.4 is 10.1 Å². The summed E-state index contributed by atoms with van der Waals surface area (Å²) in [5, 5.41) is 12.1. The number of nitrogens with zero attached hydrogens (tertiary/aromatic N) is 1. The van der Waals surface area contributed by atoms with Gasteiger partial charge in [0, 0.05) is 12.6 Å². The maximum atomic E-state index is 12.4. The normalized spacial score (nSPS) is 11.0. The van der Waals surface area contributed by atoms with Gasteiger partial charge in [0.25, 0.3) is 0 Å². The minimum atomic E-state index is -4.86. The Hall–Kier alpha value is -2.90. The molecule has 0 saturated carbocycles. The van der Waals surface area contributed by atoms with Crippen molar-refractivity contribution in [3.63, 3.8) is 0 Å². The molecular formula is C16H15F3N2O3. The molecule has 0 heterocycles.